The van der Waals surface area contributed by atoms with Crippen LogP contribution in [-0.4, -0.2) is 26.2 Å². The molecule has 1 fully saturated rings. The van der Waals surface area contributed by atoms with E-state index in [0.717, 1.165) is 23.8 Å². The molecule has 0 radical (unpaired) electrons. The molecule has 3 heterocycles. The average Bonchev–Trinajstić information content (AvgIpc) is 3.05. The molecule has 4 nitrogen and oxygen atoms in total. The summed E-state index contributed by atoms with van der Waals surface area (Å²) in [6.07, 6.45) is 6.11. The van der Waals surface area contributed by atoms with Gasteiger partial charge in [0.1, 0.15) is 5.15 Å². The fourth-order valence-electron chi connectivity index (χ4n) is 3.40. The molecule has 1 aliphatic heterocycles. The lowest BCUT2D eigenvalue weighted by molar-refractivity contribution is 0.193. The highest BCUT2D eigenvalue weighted by atomic mass is 35.5. The van der Waals surface area contributed by atoms with Gasteiger partial charge < -0.3 is 0 Å². The number of pyridine rings is 1. The number of halogens is 1. The monoisotopic (exact) mass is 304 g/mol. The van der Waals surface area contributed by atoms with E-state index in [0.29, 0.717) is 12.1 Å². The van der Waals surface area contributed by atoms with Crippen LogP contribution in [0, 0.1) is 6.92 Å². The topological polar surface area (TPSA) is 34.0 Å². The van der Waals surface area contributed by atoms with Crippen LogP contribution in [0.3, 0.4) is 0 Å². The van der Waals surface area contributed by atoms with Crippen molar-refractivity contribution in [1.29, 1.82) is 0 Å². The van der Waals surface area contributed by atoms with E-state index >= 15 is 0 Å². The third-order valence-corrected chi connectivity index (χ3v) is 4.94. The van der Waals surface area contributed by atoms with E-state index in [9.17, 15) is 0 Å². The van der Waals surface area contributed by atoms with Gasteiger partial charge in [0.05, 0.1) is 5.69 Å². The van der Waals surface area contributed by atoms with Gasteiger partial charge in [0, 0.05) is 37.1 Å². The number of aromatic nitrogens is 3. The summed E-state index contributed by atoms with van der Waals surface area (Å²) in [6.45, 7) is 5.38. The van der Waals surface area contributed by atoms with Gasteiger partial charge in [-0.2, -0.15) is 5.10 Å². The van der Waals surface area contributed by atoms with Crippen molar-refractivity contribution < 1.29 is 0 Å². The predicted molar refractivity (Wildman–Crippen MR) is 84.3 cm³/mol. The van der Waals surface area contributed by atoms with Crippen LogP contribution in [0.15, 0.2) is 24.5 Å². The SMILES string of the molecule is Cc1nn(C)c(Cl)c1[C@H]1CCCN1[C@@H](C)c1cccnc1. The molecule has 0 unspecified atom stereocenters. The maximum Gasteiger partial charge on any atom is 0.131 e. The van der Waals surface area contributed by atoms with Crippen LogP contribution in [0.1, 0.15) is 48.7 Å². The maximum atomic E-state index is 6.47. The standard InChI is InChI=1S/C16H21ClN4/c1-11-15(16(17)20(3)19-11)14-7-5-9-21(14)12(2)13-6-4-8-18-10-13/h4,6,8,10,12,14H,5,7,9H2,1-3H3/t12-,14+/m0/s1. The van der Waals surface area contributed by atoms with Crippen LogP contribution in [-0.2, 0) is 7.05 Å². The second-order valence-corrected chi connectivity index (χ2v) is 6.13. The van der Waals surface area contributed by atoms with E-state index in [1.54, 1.807) is 4.68 Å². The second-order valence-electron chi connectivity index (χ2n) is 5.77. The Balaban J connectivity index is 1.92. The fraction of sp³-hybridized carbons (Fsp3) is 0.500. The molecule has 0 spiro atoms. The molecule has 0 aromatic carbocycles. The van der Waals surface area contributed by atoms with Gasteiger partial charge in [-0.15, -0.1) is 0 Å². The van der Waals surface area contributed by atoms with Gasteiger partial charge in [0.2, 0.25) is 0 Å². The van der Waals surface area contributed by atoms with Crippen molar-refractivity contribution in [3.8, 4) is 0 Å². The molecule has 3 rings (SSSR count). The van der Waals surface area contributed by atoms with E-state index in [1.807, 2.05) is 32.4 Å². The van der Waals surface area contributed by atoms with Crippen molar-refractivity contribution in [3.05, 3.63) is 46.5 Å². The summed E-state index contributed by atoms with van der Waals surface area (Å²) < 4.78 is 1.78. The first-order chi connectivity index (χ1) is 10.1. The molecule has 0 aliphatic carbocycles. The summed E-state index contributed by atoms with van der Waals surface area (Å²) in [5.74, 6) is 0. The Morgan fingerprint density at radius 3 is 2.86 bits per heavy atom. The summed E-state index contributed by atoms with van der Waals surface area (Å²) >= 11 is 6.47. The molecule has 1 aliphatic rings. The average molecular weight is 305 g/mol. The maximum absolute atomic E-state index is 6.47. The van der Waals surface area contributed by atoms with Crippen molar-refractivity contribution >= 4 is 11.6 Å². The van der Waals surface area contributed by atoms with Crippen LogP contribution >= 0.6 is 11.6 Å². The molecule has 5 heteroatoms. The van der Waals surface area contributed by atoms with E-state index in [1.165, 1.54) is 17.5 Å². The highest BCUT2D eigenvalue weighted by molar-refractivity contribution is 6.30. The van der Waals surface area contributed by atoms with Gasteiger partial charge in [-0.05, 0) is 44.9 Å². The van der Waals surface area contributed by atoms with Crippen molar-refractivity contribution in [2.24, 2.45) is 7.05 Å². The first-order valence-electron chi connectivity index (χ1n) is 7.44. The Kier molecular flexibility index (Phi) is 4.00. The summed E-state index contributed by atoms with van der Waals surface area (Å²) in [6, 6.07) is 4.83. The zero-order valence-electron chi connectivity index (χ0n) is 12.8. The number of rotatable bonds is 3. The van der Waals surface area contributed by atoms with Gasteiger partial charge >= 0.3 is 0 Å². The third kappa shape index (κ3) is 2.58. The van der Waals surface area contributed by atoms with Crippen molar-refractivity contribution in [1.82, 2.24) is 19.7 Å². The minimum absolute atomic E-state index is 0.335. The zero-order chi connectivity index (χ0) is 15.0. The lowest BCUT2D eigenvalue weighted by Gasteiger charge is -2.31. The van der Waals surface area contributed by atoms with Gasteiger partial charge in [-0.3, -0.25) is 14.6 Å². The van der Waals surface area contributed by atoms with Crippen LogP contribution in [0.25, 0.3) is 0 Å². The molecule has 2 atom stereocenters. The number of aryl methyl sites for hydroxylation is 2. The lowest BCUT2D eigenvalue weighted by atomic mass is 10.0. The van der Waals surface area contributed by atoms with Crippen LogP contribution in [0.4, 0.5) is 0 Å². The summed E-state index contributed by atoms with van der Waals surface area (Å²) in [5, 5.41) is 5.23. The van der Waals surface area contributed by atoms with Gasteiger partial charge in [-0.25, -0.2) is 0 Å². The van der Waals surface area contributed by atoms with E-state index in [4.69, 9.17) is 11.6 Å². The molecule has 0 saturated carbocycles. The van der Waals surface area contributed by atoms with Crippen LogP contribution < -0.4 is 0 Å². The van der Waals surface area contributed by atoms with Gasteiger partial charge in [-0.1, -0.05) is 17.7 Å². The quantitative estimate of drug-likeness (QED) is 0.867. The molecule has 0 N–H and O–H groups in total. The summed E-state index contributed by atoms with van der Waals surface area (Å²) in [5.41, 5.74) is 3.48. The van der Waals surface area contributed by atoms with E-state index in [2.05, 4.69) is 28.0 Å². The predicted octanol–water partition coefficient (Wildman–Crippen LogP) is 3.68. The van der Waals surface area contributed by atoms with Gasteiger partial charge in [0.15, 0.2) is 0 Å². The molecule has 0 amide bonds. The fourth-order valence-corrected chi connectivity index (χ4v) is 3.70. The third-order valence-electron chi connectivity index (χ3n) is 4.49. The van der Waals surface area contributed by atoms with Crippen molar-refractivity contribution in [2.75, 3.05) is 6.54 Å². The molecule has 1 saturated heterocycles. The molecule has 0 bridgehead atoms. The molecule has 2 aromatic heterocycles. The zero-order valence-corrected chi connectivity index (χ0v) is 13.5. The Labute approximate surface area is 130 Å². The molecular weight excluding hydrogens is 284 g/mol. The largest absolute Gasteiger partial charge is 0.289 e. The molecule has 2 aromatic rings. The number of hydrogen-bond donors (Lipinski definition) is 0. The minimum atomic E-state index is 0.335. The molecule has 112 valence electrons. The summed E-state index contributed by atoms with van der Waals surface area (Å²) in [4.78, 5) is 6.77. The molecule has 21 heavy (non-hydrogen) atoms. The van der Waals surface area contributed by atoms with Crippen molar-refractivity contribution in [3.63, 3.8) is 0 Å². The first kappa shape index (κ1) is 14.5. The van der Waals surface area contributed by atoms with E-state index < -0.39 is 0 Å². The summed E-state index contributed by atoms with van der Waals surface area (Å²) in [7, 11) is 1.91. The number of hydrogen-bond acceptors (Lipinski definition) is 3. The Hall–Kier alpha value is -1.39. The second kappa shape index (κ2) is 5.78. The Morgan fingerprint density at radius 1 is 1.43 bits per heavy atom. The number of nitrogens with zero attached hydrogens (tertiary/aromatic N) is 4. The van der Waals surface area contributed by atoms with E-state index in [-0.39, 0.29) is 0 Å². The highest BCUT2D eigenvalue weighted by Gasteiger charge is 2.34. The smallest absolute Gasteiger partial charge is 0.131 e. The van der Waals surface area contributed by atoms with Crippen LogP contribution in [0.2, 0.25) is 5.15 Å². The van der Waals surface area contributed by atoms with Crippen LogP contribution in [0.5, 0.6) is 0 Å². The highest BCUT2D eigenvalue weighted by Crippen LogP contribution is 2.41. The lowest BCUT2D eigenvalue weighted by Crippen LogP contribution is -2.27. The van der Waals surface area contributed by atoms with Crippen molar-refractivity contribution in [2.45, 2.75) is 38.8 Å². The minimum Gasteiger partial charge on any atom is -0.289 e. The Bertz CT molecular complexity index is 623. The normalized spacial score (nSPS) is 20.9. The number of likely N-dealkylation sites (tertiary alicyclic amines) is 1. The molecular formula is C16H21ClN4. The Morgan fingerprint density at radius 2 is 2.24 bits per heavy atom. The first-order valence-corrected chi connectivity index (χ1v) is 7.82. The van der Waals surface area contributed by atoms with Gasteiger partial charge in [0.25, 0.3) is 0 Å².